The van der Waals surface area contributed by atoms with Crippen molar-refractivity contribution in [2.24, 2.45) is 5.73 Å². The summed E-state index contributed by atoms with van der Waals surface area (Å²) in [6.45, 7) is 8.27. The zero-order valence-electron chi connectivity index (χ0n) is 11.2. The van der Waals surface area contributed by atoms with E-state index < -0.39 is 0 Å². The fourth-order valence-electron chi connectivity index (χ4n) is 2.31. The molecule has 3 N–H and O–H groups in total. The summed E-state index contributed by atoms with van der Waals surface area (Å²) in [6, 6.07) is 1.88. The molecule has 0 amide bonds. The molecule has 5 nitrogen and oxygen atoms in total. The maximum absolute atomic E-state index is 7.71. The van der Waals surface area contributed by atoms with Crippen LogP contribution < -0.4 is 10.6 Å². The number of pyridine rings is 1. The third kappa shape index (κ3) is 2.46. The minimum absolute atomic E-state index is 0.0693. The van der Waals surface area contributed by atoms with Crippen LogP contribution in [0.3, 0.4) is 0 Å². The molecule has 1 aliphatic rings. The van der Waals surface area contributed by atoms with Gasteiger partial charge in [-0.25, -0.2) is 4.98 Å². The van der Waals surface area contributed by atoms with E-state index in [1.165, 1.54) is 0 Å². The summed E-state index contributed by atoms with van der Waals surface area (Å²) in [5.74, 6) is 0.860. The zero-order chi connectivity index (χ0) is 13.3. The number of aryl methyl sites for hydroxylation is 1. The van der Waals surface area contributed by atoms with Crippen LogP contribution in [0.15, 0.2) is 12.3 Å². The SMILES string of the molecule is Cc1ccnc(N2CCOC(C)(C)C2)c1C(=N)N. The molecule has 0 atom stereocenters. The highest BCUT2D eigenvalue weighted by Gasteiger charge is 2.29. The lowest BCUT2D eigenvalue weighted by Crippen LogP contribution is -2.49. The number of rotatable bonds is 2. The van der Waals surface area contributed by atoms with Gasteiger partial charge in [-0.3, -0.25) is 5.41 Å². The van der Waals surface area contributed by atoms with Crippen LogP contribution >= 0.6 is 0 Å². The Morgan fingerprint density at radius 2 is 2.28 bits per heavy atom. The van der Waals surface area contributed by atoms with E-state index in [0.717, 1.165) is 30.0 Å². The molecule has 0 spiro atoms. The van der Waals surface area contributed by atoms with Gasteiger partial charge in [0, 0.05) is 19.3 Å². The fraction of sp³-hybridized carbons (Fsp3) is 0.538. The Morgan fingerprint density at radius 3 is 2.89 bits per heavy atom. The molecule has 0 bridgehead atoms. The van der Waals surface area contributed by atoms with Gasteiger partial charge in [0.1, 0.15) is 11.7 Å². The second-order valence-corrected chi connectivity index (χ2v) is 5.27. The van der Waals surface area contributed by atoms with Crippen molar-refractivity contribution < 1.29 is 4.74 Å². The Bertz CT molecular complexity index is 470. The Balaban J connectivity index is 2.39. The first-order valence-corrected chi connectivity index (χ1v) is 6.09. The van der Waals surface area contributed by atoms with Crippen molar-refractivity contribution in [3.05, 3.63) is 23.4 Å². The topological polar surface area (TPSA) is 75.2 Å². The molecule has 0 aliphatic carbocycles. The van der Waals surface area contributed by atoms with E-state index in [0.29, 0.717) is 6.61 Å². The van der Waals surface area contributed by atoms with Crippen molar-refractivity contribution in [1.29, 1.82) is 5.41 Å². The zero-order valence-corrected chi connectivity index (χ0v) is 11.2. The molecular weight excluding hydrogens is 228 g/mol. The Kier molecular flexibility index (Phi) is 3.26. The first-order valence-electron chi connectivity index (χ1n) is 6.09. The third-order valence-electron chi connectivity index (χ3n) is 3.13. The summed E-state index contributed by atoms with van der Waals surface area (Å²) >= 11 is 0. The smallest absolute Gasteiger partial charge is 0.139 e. The van der Waals surface area contributed by atoms with Crippen LogP contribution in [-0.4, -0.2) is 36.1 Å². The first kappa shape index (κ1) is 12.8. The molecule has 1 fully saturated rings. The molecule has 0 aromatic carbocycles. The van der Waals surface area contributed by atoms with Crippen LogP contribution in [0.2, 0.25) is 0 Å². The molecule has 98 valence electrons. The molecule has 5 heteroatoms. The van der Waals surface area contributed by atoms with Crippen LogP contribution in [0.25, 0.3) is 0 Å². The summed E-state index contributed by atoms with van der Waals surface area (Å²) in [5.41, 5.74) is 7.19. The second-order valence-electron chi connectivity index (χ2n) is 5.27. The van der Waals surface area contributed by atoms with E-state index in [9.17, 15) is 0 Å². The summed E-state index contributed by atoms with van der Waals surface area (Å²) in [5, 5.41) is 7.71. The van der Waals surface area contributed by atoms with Gasteiger partial charge in [-0.15, -0.1) is 0 Å². The van der Waals surface area contributed by atoms with Gasteiger partial charge in [0.15, 0.2) is 0 Å². The molecular formula is C13H20N4O. The average Bonchev–Trinajstić information content (AvgIpc) is 2.26. The van der Waals surface area contributed by atoms with Crippen molar-refractivity contribution >= 4 is 11.7 Å². The number of hydrogen-bond donors (Lipinski definition) is 2. The van der Waals surface area contributed by atoms with Gasteiger partial charge in [-0.1, -0.05) is 0 Å². The third-order valence-corrected chi connectivity index (χ3v) is 3.13. The van der Waals surface area contributed by atoms with Gasteiger partial charge < -0.3 is 15.4 Å². The molecule has 1 aliphatic heterocycles. The summed E-state index contributed by atoms with van der Waals surface area (Å²) < 4.78 is 5.69. The number of anilines is 1. The van der Waals surface area contributed by atoms with Gasteiger partial charge >= 0.3 is 0 Å². The number of hydrogen-bond acceptors (Lipinski definition) is 4. The highest BCUT2D eigenvalue weighted by Crippen LogP contribution is 2.25. The minimum atomic E-state index is -0.197. The van der Waals surface area contributed by atoms with Crippen LogP contribution in [-0.2, 0) is 4.74 Å². The van der Waals surface area contributed by atoms with E-state index in [1.54, 1.807) is 6.20 Å². The number of amidine groups is 1. The summed E-state index contributed by atoms with van der Waals surface area (Å²) in [6.07, 6.45) is 1.76. The number of ether oxygens (including phenoxy) is 1. The van der Waals surface area contributed by atoms with Crippen molar-refractivity contribution in [2.75, 3.05) is 24.6 Å². The molecule has 1 aromatic rings. The molecule has 2 rings (SSSR count). The quantitative estimate of drug-likeness (QED) is 0.611. The first-order chi connectivity index (χ1) is 8.41. The molecule has 1 saturated heterocycles. The van der Waals surface area contributed by atoms with Crippen molar-refractivity contribution in [2.45, 2.75) is 26.4 Å². The van der Waals surface area contributed by atoms with Crippen LogP contribution in [0.5, 0.6) is 0 Å². The van der Waals surface area contributed by atoms with Gasteiger partial charge in [0.25, 0.3) is 0 Å². The summed E-state index contributed by atoms with van der Waals surface area (Å²) in [7, 11) is 0. The van der Waals surface area contributed by atoms with Crippen LogP contribution in [0.4, 0.5) is 5.82 Å². The van der Waals surface area contributed by atoms with E-state index in [2.05, 4.69) is 23.7 Å². The number of nitrogen functional groups attached to an aromatic ring is 1. The van der Waals surface area contributed by atoms with E-state index >= 15 is 0 Å². The minimum Gasteiger partial charge on any atom is -0.384 e. The lowest BCUT2D eigenvalue weighted by atomic mass is 10.0. The van der Waals surface area contributed by atoms with Crippen molar-refractivity contribution in [3.8, 4) is 0 Å². The van der Waals surface area contributed by atoms with Crippen LogP contribution in [0.1, 0.15) is 25.0 Å². The Morgan fingerprint density at radius 1 is 1.56 bits per heavy atom. The normalized spacial score (nSPS) is 18.7. The highest BCUT2D eigenvalue weighted by molar-refractivity contribution is 6.01. The summed E-state index contributed by atoms with van der Waals surface area (Å²) in [4.78, 5) is 6.55. The molecule has 0 saturated carbocycles. The standard InChI is InChI=1S/C13H20N4O/c1-9-4-5-16-12(10(9)11(14)15)17-6-7-18-13(2,3)8-17/h4-5H,6-8H2,1-3H3,(H3,14,15). The number of nitrogens with two attached hydrogens (primary N) is 1. The highest BCUT2D eigenvalue weighted by atomic mass is 16.5. The Labute approximate surface area is 107 Å². The second kappa shape index (κ2) is 4.57. The number of morpholine rings is 1. The monoisotopic (exact) mass is 248 g/mol. The largest absolute Gasteiger partial charge is 0.384 e. The predicted molar refractivity (Wildman–Crippen MR) is 72.2 cm³/mol. The average molecular weight is 248 g/mol. The van der Waals surface area contributed by atoms with Crippen molar-refractivity contribution in [1.82, 2.24) is 4.98 Å². The predicted octanol–water partition coefficient (Wildman–Crippen LogP) is 1.29. The molecule has 0 radical (unpaired) electrons. The Hall–Kier alpha value is -1.62. The molecule has 0 unspecified atom stereocenters. The van der Waals surface area contributed by atoms with E-state index in [-0.39, 0.29) is 11.4 Å². The number of aromatic nitrogens is 1. The van der Waals surface area contributed by atoms with Gasteiger partial charge in [0.2, 0.25) is 0 Å². The molecule has 18 heavy (non-hydrogen) atoms. The molecule has 2 heterocycles. The van der Waals surface area contributed by atoms with Gasteiger partial charge in [-0.05, 0) is 32.4 Å². The lowest BCUT2D eigenvalue weighted by Gasteiger charge is -2.39. The maximum atomic E-state index is 7.71. The number of nitrogens with zero attached hydrogens (tertiary/aromatic N) is 2. The lowest BCUT2D eigenvalue weighted by molar-refractivity contribution is -0.0279. The van der Waals surface area contributed by atoms with E-state index in [4.69, 9.17) is 15.9 Å². The van der Waals surface area contributed by atoms with Gasteiger partial charge in [-0.2, -0.15) is 0 Å². The molecule has 1 aromatic heterocycles. The van der Waals surface area contributed by atoms with Gasteiger partial charge in [0.05, 0.1) is 17.8 Å². The van der Waals surface area contributed by atoms with Crippen molar-refractivity contribution in [3.63, 3.8) is 0 Å². The number of nitrogens with one attached hydrogen (secondary N) is 1. The van der Waals surface area contributed by atoms with E-state index in [1.807, 2.05) is 13.0 Å². The van der Waals surface area contributed by atoms with Crippen LogP contribution in [0, 0.1) is 12.3 Å². The fourth-order valence-corrected chi connectivity index (χ4v) is 2.31. The maximum Gasteiger partial charge on any atom is 0.139 e.